The van der Waals surface area contributed by atoms with E-state index in [9.17, 15) is 29.7 Å². The number of hydrogen-bond donors (Lipinski definition) is 3. The van der Waals surface area contributed by atoms with Crippen LogP contribution in [0.25, 0.3) is 0 Å². The van der Waals surface area contributed by atoms with E-state index >= 15 is 0 Å². The minimum Gasteiger partial charge on any atom is -0.466 e. The quantitative estimate of drug-likeness (QED) is 0.112. The Morgan fingerprint density at radius 2 is 1.78 bits per heavy atom. The van der Waals surface area contributed by atoms with Crippen LogP contribution in [0.5, 0.6) is 0 Å². The van der Waals surface area contributed by atoms with E-state index in [1.165, 1.54) is 6.92 Å². The Hall–Kier alpha value is -1.63. The van der Waals surface area contributed by atoms with Gasteiger partial charge in [0.15, 0.2) is 6.10 Å². The second-order valence-electron chi connectivity index (χ2n) is 15.1. The molecule has 0 aromatic rings. The summed E-state index contributed by atoms with van der Waals surface area (Å²) in [7, 11) is -1.34. The van der Waals surface area contributed by atoms with Crippen LogP contribution in [-0.2, 0) is 33.3 Å². The fraction of sp³-hybridized carbons (Fsp3) is 0.853. The number of ether oxygens (including phenoxy) is 4. The molecule has 2 rings (SSSR count). The van der Waals surface area contributed by atoms with E-state index < -0.39 is 61.7 Å². The zero-order valence-corrected chi connectivity index (χ0v) is 29.9. The topological polar surface area (TPSA) is 149 Å². The van der Waals surface area contributed by atoms with Crippen LogP contribution in [-0.4, -0.2) is 90.1 Å². The average molecular weight is 657 g/mol. The Balaban J connectivity index is 2.09. The van der Waals surface area contributed by atoms with Gasteiger partial charge >= 0.3 is 11.9 Å². The van der Waals surface area contributed by atoms with Crippen molar-refractivity contribution in [1.29, 1.82) is 0 Å². The normalized spacial score (nSPS) is 29.8. The number of ketones is 1. The Labute approximate surface area is 271 Å². The van der Waals surface area contributed by atoms with Gasteiger partial charge in [-0.25, -0.2) is 0 Å². The fourth-order valence-electron chi connectivity index (χ4n) is 6.30. The van der Waals surface area contributed by atoms with E-state index in [2.05, 4.69) is 26.2 Å². The molecule has 260 valence electrons. The molecule has 0 bridgehead atoms. The van der Waals surface area contributed by atoms with Gasteiger partial charge < -0.3 is 34.3 Å². The molecule has 10 nitrogen and oxygen atoms in total. The van der Waals surface area contributed by atoms with Crippen molar-refractivity contribution in [3.63, 3.8) is 0 Å². The van der Waals surface area contributed by atoms with Gasteiger partial charge in [0.1, 0.15) is 5.78 Å². The monoisotopic (exact) mass is 656 g/mol. The van der Waals surface area contributed by atoms with Crippen LogP contribution in [0.4, 0.5) is 0 Å². The van der Waals surface area contributed by atoms with Gasteiger partial charge in [0, 0.05) is 46.1 Å². The first-order valence-electron chi connectivity index (χ1n) is 16.7. The van der Waals surface area contributed by atoms with Gasteiger partial charge in [0.2, 0.25) is 5.79 Å². The Kier molecular flexibility index (Phi) is 14.9. The van der Waals surface area contributed by atoms with Gasteiger partial charge in [-0.15, -0.1) is 0 Å². The zero-order chi connectivity index (χ0) is 34.2. The van der Waals surface area contributed by atoms with Crippen LogP contribution in [0.2, 0.25) is 25.7 Å². The summed E-state index contributed by atoms with van der Waals surface area (Å²) in [6.45, 7) is 19.9. The summed E-state index contributed by atoms with van der Waals surface area (Å²) in [5.41, 5.74) is -0.574. The van der Waals surface area contributed by atoms with Crippen LogP contribution < -0.4 is 0 Å². The summed E-state index contributed by atoms with van der Waals surface area (Å²) in [4.78, 5) is 37.5. The van der Waals surface area contributed by atoms with Crippen molar-refractivity contribution in [2.45, 2.75) is 154 Å². The predicted octanol–water partition coefficient (Wildman–Crippen LogP) is 4.94. The largest absolute Gasteiger partial charge is 0.466 e. The van der Waals surface area contributed by atoms with Crippen molar-refractivity contribution in [1.82, 2.24) is 0 Å². The first kappa shape index (κ1) is 39.5. The van der Waals surface area contributed by atoms with Gasteiger partial charge in [-0.2, -0.15) is 0 Å². The summed E-state index contributed by atoms with van der Waals surface area (Å²) >= 11 is 0. The molecular formula is C34H60O10Si. The molecule has 2 aliphatic rings. The van der Waals surface area contributed by atoms with E-state index in [4.69, 9.17) is 18.9 Å². The molecule has 0 aromatic heterocycles. The van der Waals surface area contributed by atoms with Crippen LogP contribution in [0.15, 0.2) is 12.2 Å². The van der Waals surface area contributed by atoms with Gasteiger partial charge in [-0.1, -0.05) is 65.4 Å². The van der Waals surface area contributed by atoms with E-state index in [1.807, 2.05) is 6.92 Å². The average Bonchev–Trinajstić information content (AvgIpc) is 2.90. The third kappa shape index (κ3) is 12.8. The third-order valence-electron chi connectivity index (χ3n) is 9.13. The lowest BCUT2D eigenvalue weighted by Gasteiger charge is -2.52. The molecule has 9 unspecified atom stereocenters. The molecule has 2 saturated heterocycles. The molecule has 45 heavy (non-hydrogen) atoms. The predicted molar refractivity (Wildman–Crippen MR) is 174 cm³/mol. The Morgan fingerprint density at radius 3 is 2.38 bits per heavy atom. The summed E-state index contributed by atoms with van der Waals surface area (Å²) in [5, 5.41) is 32.6. The Morgan fingerprint density at radius 1 is 1.11 bits per heavy atom. The highest BCUT2D eigenvalue weighted by Gasteiger charge is 2.56. The van der Waals surface area contributed by atoms with Crippen molar-refractivity contribution >= 4 is 25.8 Å². The third-order valence-corrected chi connectivity index (χ3v) is 10.8. The summed E-state index contributed by atoms with van der Waals surface area (Å²) in [6, 6.07) is 0.877. The number of hydrogen-bond acceptors (Lipinski definition) is 10. The van der Waals surface area contributed by atoms with Crippen molar-refractivity contribution in [2.24, 2.45) is 17.8 Å². The molecule has 2 heterocycles. The number of aliphatic hydroxyl groups excluding tert-OH is 2. The standard InChI is InChI=1S/C34H60O10Si/c1-10-11-12-27(36)18-29(37)24(4)32(39)23(3)22(2)15-28-19-33(6,40)21-34(44-28)30(43-25(5)35)16-26(20-42-34)17-31(38)41-13-14-45(7,8)9/h23-24,26-28,30,32,36,39-40H,2,10-21H2,1,3-9H3. The fourth-order valence-corrected chi connectivity index (χ4v) is 7.01. The van der Waals surface area contributed by atoms with Gasteiger partial charge in [-0.05, 0) is 38.1 Å². The van der Waals surface area contributed by atoms with Gasteiger partial charge in [0.25, 0.3) is 0 Å². The highest BCUT2D eigenvalue weighted by molar-refractivity contribution is 6.76. The lowest BCUT2D eigenvalue weighted by molar-refractivity contribution is -0.362. The lowest BCUT2D eigenvalue weighted by Crippen LogP contribution is -2.62. The molecular weight excluding hydrogens is 596 g/mol. The second kappa shape index (κ2) is 17.0. The summed E-state index contributed by atoms with van der Waals surface area (Å²) in [5.74, 6) is -3.86. The molecule has 1 spiro atoms. The summed E-state index contributed by atoms with van der Waals surface area (Å²) < 4.78 is 24.0. The zero-order valence-electron chi connectivity index (χ0n) is 28.9. The number of aliphatic hydroxyl groups is 3. The lowest BCUT2D eigenvalue weighted by atomic mass is 9.78. The number of unbranched alkanes of at least 4 members (excludes halogenated alkanes) is 1. The minimum absolute atomic E-state index is 0.000603. The number of rotatable bonds is 17. The molecule has 0 aliphatic carbocycles. The van der Waals surface area contributed by atoms with Crippen LogP contribution >= 0.6 is 0 Å². The molecule has 0 aromatic carbocycles. The molecule has 9 atom stereocenters. The smallest absolute Gasteiger partial charge is 0.306 e. The van der Waals surface area contributed by atoms with Crippen LogP contribution in [0.1, 0.15) is 92.4 Å². The number of carbonyl (C=O) groups is 3. The highest BCUT2D eigenvalue weighted by Crippen LogP contribution is 2.46. The maximum atomic E-state index is 12.8. The molecule has 0 saturated carbocycles. The van der Waals surface area contributed by atoms with Crippen LogP contribution in [0, 0.1) is 17.8 Å². The van der Waals surface area contributed by atoms with Crippen LogP contribution in [0.3, 0.4) is 0 Å². The molecule has 3 N–H and O–H groups in total. The molecule has 0 amide bonds. The Bertz CT molecular complexity index is 1010. The van der Waals surface area contributed by atoms with Gasteiger partial charge in [0.05, 0.1) is 43.5 Å². The van der Waals surface area contributed by atoms with E-state index in [0.717, 1.165) is 18.9 Å². The van der Waals surface area contributed by atoms with E-state index in [0.29, 0.717) is 25.0 Å². The van der Waals surface area contributed by atoms with Crippen molar-refractivity contribution < 1.29 is 48.7 Å². The van der Waals surface area contributed by atoms with E-state index in [1.54, 1.807) is 20.8 Å². The maximum absolute atomic E-state index is 12.8. The SMILES string of the molecule is C=C(CC1CC(C)(O)CC2(OCC(CC(=O)OCC[Si](C)(C)C)CC2OC(C)=O)O1)C(C)C(O)C(C)C(=O)CC(O)CCCC. The van der Waals surface area contributed by atoms with Gasteiger partial charge in [-0.3, -0.25) is 14.4 Å². The maximum Gasteiger partial charge on any atom is 0.306 e. The van der Waals surface area contributed by atoms with Crippen molar-refractivity contribution in [3.8, 4) is 0 Å². The molecule has 2 fully saturated rings. The highest BCUT2D eigenvalue weighted by atomic mass is 28.3. The number of Topliss-reactive ketones (excluding diaryl/α,β-unsaturated/α-hetero) is 1. The number of carbonyl (C=O) groups excluding carboxylic acids is 3. The molecule has 11 heteroatoms. The number of esters is 2. The first-order chi connectivity index (χ1) is 20.8. The summed E-state index contributed by atoms with van der Waals surface area (Å²) in [6.07, 6.45) is 0.197. The van der Waals surface area contributed by atoms with Crippen molar-refractivity contribution in [3.05, 3.63) is 12.2 Å². The van der Waals surface area contributed by atoms with Crippen molar-refractivity contribution in [2.75, 3.05) is 13.2 Å². The molecule has 2 aliphatic heterocycles. The first-order valence-corrected chi connectivity index (χ1v) is 20.4. The molecule has 0 radical (unpaired) electrons. The second-order valence-corrected chi connectivity index (χ2v) is 20.7. The van der Waals surface area contributed by atoms with E-state index in [-0.39, 0.29) is 56.4 Å². The minimum atomic E-state index is -1.42.